The zero-order valence-corrected chi connectivity index (χ0v) is 15.3. The molecule has 3 aromatic rings. The summed E-state index contributed by atoms with van der Waals surface area (Å²) in [6.45, 7) is 2.18. The lowest BCUT2D eigenvalue weighted by Gasteiger charge is -2.33. The smallest absolute Gasteiger partial charge is 0.197 e. The Labute approximate surface area is 161 Å². The van der Waals surface area contributed by atoms with Crippen LogP contribution in [-0.4, -0.2) is 37.0 Å². The number of Topliss-reactive ketones (excluding diaryl/α,β-unsaturated/α-hetero) is 1. The van der Waals surface area contributed by atoms with Crippen molar-refractivity contribution in [3.63, 3.8) is 0 Å². The van der Waals surface area contributed by atoms with Gasteiger partial charge in [0.15, 0.2) is 11.2 Å². The highest BCUT2D eigenvalue weighted by atomic mass is 35.5. The first-order valence-corrected chi connectivity index (χ1v) is 9.15. The zero-order chi connectivity index (χ0) is 18.8. The SMILES string of the molecule is O=C(c1ccccc1)C(c1coc2cc(Cl)ccc2c1=O)N1CCOCC1. The number of carbonyl (C=O) groups excluding carboxylic acids is 1. The minimum Gasteiger partial charge on any atom is -0.464 e. The molecule has 2 heterocycles. The van der Waals surface area contributed by atoms with E-state index in [4.69, 9.17) is 20.8 Å². The fourth-order valence-corrected chi connectivity index (χ4v) is 3.57. The predicted octanol–water partition coefficient (Wildman–Crippen LogP) is 3.70. The van der Waals surface area contributed by atoms with Crippen molar-refractivity contribution in [2.45, 2.75) is 6.04 Å². The lowest BCUT2D eigenvalue weighted by Crippen LogP contribution is -2.43. The van der Waals surface area contributed by atoms with Crippen LogP contribution in [0.5, 0.6) is 0 Å². The molecule has 1 saturated heterocycles. The minimum atomic E-state index is -0.715. The summed E-state index contributed by atoms with van der Waals surface area (Å²) in [6, 6.07) is 13.2. The average molecular weight is 384 g/mol. The van der Waals surface area contributed by atoms with E-state index in [9.17, 15) is 9.59 Å². The second-order valence-corrected chi connectivity index (χ2v) is 6.88. The summed E-state index contributed by atoms with van der Waals surface area (Å²) < 4.78 is 11.1. The fourth-order valence-electron chi connectivity index (χ4n) is 3.41. The van der Waals surface area contributed by atoms with Gasteiger partial charge >= 0.3 is 0 Å². The van der Waals surface area contributed by atoms with Crippen LogP contribution in [0.4, 0.5) is 0 Å². The van der Waals surface area contributed by atoms with Gasteiger partial charge in [-0.25, -0.2) is 0 Å². The molecule has 1 atom stereocenters. The molecule has 1 unspecified atom stereocenters. The summed E-state index contributed by atoms with van der Waals surface area (Å²) in [5, 5.41) is 0.902. The summed E-state index contributed by atoms with van der Waals surface area (Å²) in [5.41, 5.74) is 1.09. The normalized spacial score (nSPS) is 16.3. The second-order valence-electron chi connectivity index (χ2n) is 6.44. The van der Waals surface area contributed by atoms with E-state index < -0.39 is 6.04 Å². The Bertz CT molecular complexity index is 1030. The molecule has 4 rings (SSSR count). The van der Waals surface area contributed by atoms with Gasteiger partial charge < -0.3 is 9.15 Å². The number of hydrogen-bond donors (Lipinski definition) is 0. The maximum Gasteiger partial charge on any atom is 0.197 e. The van der Waals surface area contributed by atoms with Gasteiger partial charge in [0, 0.05) is 29.7 Å². The molecule has 0 N–H and O–H groups in total. The molecule has 1 aliphatic heterocycles. The van der Waals surface area contributed by atoms with Crippen LogP contribution in [-0.2, 0) is 4.74 Å². The maximum absolute atomic E-state index is 13.3. The molecule has 0 spiro atoms. The van der Waals surface area contributed by atoms with E-state index in [0.717, 1.165) is 0 Å². The number of carbonyl (C=O) groups is 1. The molecule has 6 heteroatoms. The highest BCUT2D eigenvalue weighted by molar-refractivity contribution is 6.31. The van der Waals surface area contributed by atoms with Crippen molar-refractivity contribution in [2.24, 2.45) is 0 Å². The van der Waals surface area contributed by atoms with Gasteiger partial charge in [0.2, 0.25) is 0 Å². The van der Waals surface area contributed by atoms with Gasteiger partial charge in [0.25, 0.3) is 0 Å². The van der Waals surface area contributed by atoms with Crippen molar-refractivity contribution in [3.05, 3.63) is 81.2 Å². The molecule has 1 aromatic heterocycles. The lowest BCUT2D eigenvalue weighted by atomic mass is 9.95. The van der Waals surface area contributed by atoms with Crippen molar-refractivity contribution in [3.8, 4) is 0 Å². The summed E-state index contributed by atoms with van der Waals surface area (Å²) in [4.78, 5) is 28.4. The van der Waals surface area contributed by atoms with Crippen LogP contribution in [0.15, 0.2) is 64.0 Å². The largest absolute Gasteiger partial charge is 0.464 e. The summed E-state index contributed by atoms with van der Waals surface area (Å²) in [6.07, 6.45) is 1.39. The highest BCUT2D eigenvalue weighted by Crippen LogP contribution is 2.26. The number of ether oxygens (including phenoxy) is 1. The van der Waals surface area contributed by atoms with E-state index in [1.54, 1.807) is 30.3 Å². The molecule has 1 aliphatic rings. The van der Waals surface area contributed by atoms with Crippen LogP contribution in [0.1, 0.15) is 22.0 Å². The van der Waals surface area contributed by atoms with Crippen molar-refractivity contribution < 1.29 is 13.9 Å². The van der Waals surface area contributed by atoms with Crippen LogP contribution in [0.2, 0.25) is 5.02 Å². The van der Waals surface area contributed by atoms with Gasteiger partial charge in [-0.3, -0.25) is 14.5 Å². The number of benzene rings is 2. The summed E-state index contributed by atoms with van der Waals surface area (Å²) >= 11 is 5.99. The van der Waals surface area contributed by atoms with Gasteiger partial charge in [-0.15, -0.1) is 0 Å². The highest BCUT2D eigenvalue weighted by Gasteiger charge is 2.32. The van der Waals surface area contributed by atoms with Gasteiger partial charge in [-0.2, -0.15) is 0 Å². The number of rotatable bonds is 4. The van der Waals surface area contributed by atoms with Crippen LogP contribution < -0.4 is 5.43 Å². The minimum absolute atomic E-state index is 0.127. The van der Waals surface area contributed by atoms with Crippen LogP contribution >= 0.6 is 11.6 Å². The Morgan fingerprint density at radius 3 is 2.56 bits per heavy atom. The van der Waals surface area contributed by atoms with Crippen molar-refractivity contribution in [2.75, 3.05) is 26.3 Å². The van der Waals surface area contributed by atoms with Crippen molar-refractivity contribution in [1.29, 1.82) is 0 Å². The third kappa shape index (κ3) is 3.54. The summed E-state index contributed by atoms with van der Waals surface area (Å²) in [5.74, 6) is -0.127. The number of morpholine rings is 1. The molecule has 5 nitrogen and oxygen atoms in total. The maximum atomic E-state index is 13.3. The molecule has 2 aromatic carbocycles. The van der Waals surface area contributed by atoms with Crippen molar-refractivity contribution >= 4 is 28.4 Å². The van der Waals surface area contributed by atoms with Gasteiger partial charge in [-0.05, 0) is 12.1 Å². The molecule has 0 saturated carbocycles. The second kappa shape index (κ2) is 7.64. The molecule has 0 amide bonds. The Kier molecular flexibility index (Phi) is 5.07. The molecule has 0 bridgehead atoms. The molecule has 27 heavy (non-hydrogen) atoms. The predicted molar refractivity (Wildman–Crippen MR) is 103 cm³/mol. The number of hydrogen-bond acceptors (Lipinski definition) is 5. The molecular weight excluding hydrogens is 366 g/mol. The molecular formula is C21H18ClNO4. The quantitative estimate of drug-likeness (QED) is 0.643. The molecule has 138 valence electrons. The molecule has 0 aliphatic carbocycles. The van der Waals surface area contributed by atoms with E-state index in [-0.39, 0.29) is 11.2 Å². The van der Waals surface area contributed by atoms with Crippen molar-refractivity contribution in [1.82, 2.24) is 4.90 Å². The molecule has 1 fully saturated rings. The Hall–Kier alpha value is -2.47. The average Bonchev–Trinajstić information content (AvgIpc) is 2.71. The Morgan fingerprint density at radius 2 is 1.81 bits per heavy atom. The van der Waals surface area contributed by atoms with Gasteiger partial charge in [-0.1, -0.05) is 41.9 Å². The third-order valence-electron chi connectivity index (χ3n) is 4.78. The zero-order valence-electron chi connectivity index (χ0n) is 14.6. The first kappa shape index (κ1) is 17.9. The Balaban J connectivity index is 1.84. The standard InChI is InChI=1S/C21H18ClNO4/c22-15-6-7-16-18(12-15)27-13-17(21(16)25)19(23-8-10-26-11-9-23)20(24)14-4-2-1-3-5-14/h1-7,12-13,19H,8-11H2. The first-order chi connectivity index (χ1) is 13.1. The number of nitrogens with zero attached hydrogens (tertiary/aromatic N) is 1. The fraction of sp³-hybridized carbons (Fsp3) is 0.238. The molecule has 0 radical (unpaired) electrons. The summed E-state index contributed by atoms with van der Waals surface area (Å²) in [7, 11) is 0. The topological polar surface area (TPSA) is 59.8 Å². The first-order valence-electron chi connectivity index (χ1n) is 8.77. The van der Waals surface area contributed by atoms with E-state index >= 15 is 0 Å². The van der Waals surface area contributed by atoms with Crippen LogP contribution in [0.3, 0.4) is 0 Å². The van der Waals surface area contributed by atoms with E-state index in [1.165, 1.54) is 6.26 Å². The van der Waals surface area contributed by atoms with E-state index in [0.29, 0.717) is 53.4 Å². The van der Waals surface area contributed by atoms with Crippen LogP contribution in [0.25, 0.3) is 11.0 Å². The monoisotopic (exact) mass is 383 g/mol. The van der Waals surface area contributed by atoms with Crippen LogP contribution in [0, 0.1) is 0 Å². The number of halogens is 1. The van der Waals surface area contributed by atoms with Gasteiger partial charge in [0.1, 0.15) is 17.9 Å². The third-order valence-corrected chi connectivity index (χ3v) is 5.01. The van der Waals surface area contributed by atoms with E-state index in [2.05, 4.69) is 0 Å². The number of ketones is 1. The van der Waals surface area contributed by atoms with Gasteiger partial charge in [0.05, 0.1) is 24.2 Å². The lowest BCUT2D eigenvalue weighted by molar-refractivity contribution is 0.0168. The Morgan fingerprint density at radius 1 is 1.07 bits per heavy atom. The van der Waals surface area contributed by atoms with E-state index in [1.807, 2.05) is 23.1 Å². The number of fused-ring (bicyclic) bond motifs is 1.